The zero-order valence-electron chi connectivity index (χ0n) is 11.3. The summed E-state index contributed by atoms with van der Waals surface area (Å²) in [7, 11) is 0. The predicted octanol–water partition coefficient (Wildman–Crippen LogP) is 2.44. The highest BCUT2D eigenvalue weighted by Crippen LogP contribution is 2.39. The van der Waals surface area contributed by atoms with Crippen molar-refractivity contribution in [2.75, 3.05) is 0 Å². The van der Waals surface area contributed by atoms with E-state index in [0.717, 1.165) is 41.3 Å². The van der Waals surface area contributed by atoms with E-state index in [1.165, 1.54) is 4.90 Å². The van der Waals surface area contributed by atoms with Crippen molar-refractivity contribution in [2.24, 2.45) is 11.8 Å². The lowest BCUT2D eigenvalue weighted by Gasteiger charge is -2.19. The average Bonchev–Trinajstić information content (AvgIpc) is 2.83. The van der Waals surface area contributed by atoms with Gasteiger partial charge in [-0.3, -0.25) is 14.5 Å². The Morgan fingerprint density at radius 2 is 1.74 bits per heavy atom. The third kappa shape index (κ3) is 2.10. The molecule has 2 atom stereocenters. The summed E-state index contributed by atoms with van der Waals surface area (Å²) in [5.41, 5.74) is 0.943. The molecule has 0 bridgehead atoms. The second-order valence-corrected chi connectivity index (χ2v) is 6.79. The quantitative estimate of drug-likeness (QED) is 0.781. The number of thiazole rings is 1. The van der Waals surface area contributed by atoms with Gasteiger partial charge in [-0.05, 0) is 26.7 Å². The van der Waals surface area contributed by atoms with Crippen molar-refractivity contribution in [1.29, 1.82) is 0 Å². The van der Waals surface area contributed by atoms with Gasteiger partial charge in [0.05, 0.1) is 29.1 Å². The van der Waals surface area contributed by atoms with E-state index in [0.29, 0.717) is 6.54 Å². The van der Waals surface area contributed by atoms with E-state index in [4.69, 9.17) is 0 Å². The van der Waals surface area contributed by atoms with Crippen molar-refractivity contribution in [3.05, 3.63) is 15.6 Å². The van der Waals surface area contributed by atoms with Crippen molar-refractivity contribution in [3.63, 3.8) is 0 Å². The third-order valence-electron chi connectivity index (χ3n) is 4.23. The van der Waals surface area contributed by atoms with Crippen molar-refractivity contribution < 1.29 is 9.59 Å². The molecule has 0 aromatic carbocycles. The van der Waals surface area contributed by atoms with Crippen LogP contribution in [-0.4, -0.2) is 21.7 Å². The number of nitrogens with zero attached hydrogens (tertiary/aromatic N) is 2. The number of carbonyl (C=O) groups is 2. The van der Waals surface area contributed by atoms with Gasteiger partial charge in [0.15, 0.2) is 0 Å². The number of fused-ring (bicyclic) bond motifs is 1. The molecule has 1 aliphatic heterocycles. The molecule has 1 saturated heterocycles. The molecule has 2 fully saturated rings. The molecular weight excluding hydrogens is 260 g/mol. The molecule has 5 heteroatoms. The molecule has 2 aliphatic rings. The summed E-state index contributed by atoms with van der Waals surface area (Å²) < 4.78 is 0. The minimum atomic E-state index is -0.0458. The highest BCUT2D eigenvalue weighted by atomic mass is 32.1. The van der Waals surface area contributed by atoms with Gasteiger partial charge >= 0.3 is 0 Å². The topological polar surface area (TPSA) is 50.3 Å². The van der Waals surface area contributed by atoms with Gasteiger partial charge in [-0.1, -0.05) is 12.8 Å². The molecule has 4 nitrogen and oxygen atoms in total. The monoisotopic (exact) mass is 278 g/mol. The largest absolute Gasteiger partial charge is 0.277 e. The molecule has 3 rings (SSSR count). The Morgan fingerprint density at radius 1 is 1.16 bits per heavy atom. The maximum Gasteiger partial charge on any atom is 0.233 e. The van der Waals surface area contributed by atoms with Gasteiger partial charge in [-0.15, -0.1) is 11.3 Å². The fourth-order valence-electron chi connectivity index (χ4n) is 3.25. The van der Waals surface area contributed by atoms with Crippen LogP contribution in [0.2, 0.25) is 0 Å². The average molecular weight is 278 g/mol. The first-order valence-corrected chi connectivity index (χ1v) is 7.67. The fourth-order valence-corrected chi connectivity index (χ4v) is 4.18. The minimum absolute atomic E-state index is 0.0418. The molecule has 102 valence electrons. The molecule has 1 aromatic rings. The summed E-state index contributed by atoms with van der Waals surface area (Å²) in [4.78, 5) is 31.6. The number of aryl methyl sites for hydroxylation is 2. The molecule has 0 unspecified atom stereocenters. The molecule has 2 amide bonds. The zero-order chi connectivity index (χ0) is 13.6. The molecular formula is C14H18N2O2S. The molecule has 0 spiro atoms. The first kappa shape index (κ1) is 12.8. The minimum Gasteiger partial charge on any atom is -0.277 e. The van der Waals surface area contributed by atoms with Crippen molar-refractivity contribution in [1.82, 2.24) is 9.88 Å². The lowest BCUT2D eigenvalue weighted by atomic mass is 9.81. The van der Waals surface area contributed by atoms with Crippen molar-refractivity contribution >= 4 is 23.2 Å². The fraction of sp³-hybridized carbons (Fsp3) is 0.643. The maximum atomic E-state index is 12.4. The van der Waals surface area contributed by atoms with Gasteiger partial charge in [-0.2, -0.15) is 0 Å². The Labute approximate surface area is 116 Å². The molecule has 0 N–H and O–H groups in total. The number of rotatable bonds is 2. The lowest BCUT2D eigenvalue weighted by molar-refractivity contribution is -0.140. The highest BCUT2D eigenvalue weighted by molar-refractivity contribution is 7.11. The Bertz CT molecular complexity index is 514. The van der Waals surface area contributed by atoms with Crippen LogP contribution in [0.1, 0.15) is 41.3 Å². The van der Waals surface area contributed by atoms with Crippen LogP contribution in [0.25, 0.3) is 0 Å². The number of aromatic nitrogens is 1. The zero-order valence-corrected chi connectivity index (χ0v) is 12.1. The van der Waals surface area contributed by atoms with Crippen LogP contribution in [0.4, 0.5) is 0 Å². The number of hydrogen-bond donors (Lipinski definition) is 0. The van der Waals surface area contributed by atoms with E-state index in [1.54, 1.807) is 11.3 Å². The van der Waals surface area contributed by atoms with Crippen LogP contribution in [0.3, 0.4) is 0 Å². The summed E-state index contributed by atoms with van der Waals surface area (Å²) >= 11 is 1.58. The Balaban J connectivity index is 1.83. The van der Waals surface area contributed by atoms with E-state index < -0.39 is 0 Å². The van der Waals surface area contributed by atoms with E-state index in [9.17, 15) is 9.59 Å². The maximum absolute atomic E-state index is 12.4. The molecule has 1 saturated carbocycles. The van der Waals surface area contributed by atoms with Crippen molar-refractivity contribution in [3.8, 4) is 0 Å². The summed E-state index contributed by atoms with van der Waals surface area (Å²) in [6.45, 7) is 4.31. The number of hydrogen-bond acceptors (Lipinski definition) is 4. The lowest BCUT2D eigenvalue weighted by Crippen LogP contribution is -2.30. The van der Waals surface area contributed by atoms with Crippen LogP contribution in [0.15, 0.2) is 0 Å². The Hall–Kier alpha value is -1.23. The highest BCUT2D eigenvalue weighted by Gasteiger charge is 2.48. The predicted molar refractivity (Wildman–Crippen MR) is 72.6 cm³/mol. The van der Waals surface area contributed by atoms with Gasteiger partial charge in [-0.25, -0.2) is 4.98 Å². The van der Waals surface area contributed by atoms with Crippen LogP contribution in [0.5, 0.6) is 0 Å². The smallest absolute Gasteiger partial charge is 0.233 e. The van der Waals surface area contributed by atoms with E-state index in [-0.39, 0.29) is 23.7 Å². The van der Waals surface area contributed by atoms with Crippen LogP contribution in [0, 0.1) is 25.7 Å². The number of carbonyl (C=O) groups excluding carboxylic acids is 2. The van der Waals surface area contributed by atoms with E-state index in [2.05, 4.69) is 4.98 Å². The summed E-state index contributed by atoms with van der Waals surface area (Å²) in [6, 6.07) is 0. The standard InChI is InChI=1S/C14H18N2O2S/c1-8-12(19-9(2)15-8)7-16-13(17)10-5-3-4-6-11(10)14(16)18/h10-11H,3-7H2,1-2H3/t10-,11-/m1/s1. The second kappa shape index (κ2) is 4.71. The number of likely N-dealkylation sites (tertiary alicyclic amines) is 1. The molecule has 19 heavy (non-hydrogen) atoms. The van der Waals surface area contributed by atoms with E-state index in [1.807, 2.05) is 13.8 Å². The molecule has 0 radical (unpaired) electrons. The van der Waals surface area contributed by atoms with Gasteiger partial charge in [0, 0.05) is 4.88 Å². The van der Waals surface area contributed by atoms with Crippen LogP contribution < -0.4 is 0 Å². The Kier molecular flexibility index (Phi) is 3.17. The first-order chi connectivity index (χ1) is 9.08. The summed E-state index contributed by atoms with van der Waals surface area (Å²) in [6.07, 6.45) is 3.92. The van der Waals surface area contributed by atoms with Crippen molar-refractivity contribution in [2.45, 2.75) is 46.1 Å². The van der Waals surface area contributed by atoms with Gasteiger partial charge in [0.1, 0.15) is 0 Å². The number of amides is 2. The van der Waals surface area contributed by atoms with E-state index >= 15 is 0 Å². The van der Waals surface area contributed by atoms with Crippen LogP contribution >= 0.6 is 11.3 Å². The van der Waals surface area contributed by atoms with Gasteiger partial charge < -0.3 is 0 Å². The molecule has 2 heterocycles. The summed E-state index contributed by atoms with van der Waals surface area (Å²) in [5, 5.41) is 0.990. The Morgan fingerprint density at radius 3 is 2.21 bits per heavy atom. The SMILES string of the molecule is Cc1nc(C)c(CN2C(=O)[C@@H]3CCCC[C@H]3C2=O)s1. The molecule has 1 aromatic heterocycles. The first-order valence-electron chi connectivity index (χ1n) is 6.86. The number of imide groups is 1. The summed E-state index contributed by atoms with van der Waals surface area (Å²) in [5.74, 6) is -0.00791. The van der Waals surface area contributed by atoms with Crippen LogP contribution in [-0.2, 0) is 16.1 Å². The second-order valence-electron chi connectivity index (χ2n) is 5.50. The molecule has 1 aliphatic carbocycles. The van der Waals surface area contributed by atoms with Gasteiger partial charge in [0.2, 0.25) is 11.8 Å². The van der Waals surface area contributed by atoms with Gasteiger partial charge in [0.25, 0.3) is 0 Å². The normalized spacial score (nSPS) is 26.9. The third-order valence-corrected chi connectivity index (χ3v) is 5.29.